The van der Waals surface area contributed by atoms with E-state index in [4.69, 9.17) is 0 Å². The molecule has 0 radical (unpaired) electrons. The lowest BCUT2D eigenvalue weighted by Gasteiger charge is -2.39. The van der Waals surface area contributed by atoms with Crippen molar-refractivity contribution in [3.8, 4) is 0 Å². The van der Waals surface area contributed by atoms with Crippen molar-refractivity contribution in [2.75, 3.05) is 39.3 Å². The summed E-state index contributed by atoms with van der Waals surface area (Å²) in [6.45, 7) is 8.13. The Balaban J connectivity index is 1.58. The van der Waals surface area contributed by atoms with Gasteiger partial charge in [-0.2, -0.15) is 0 Å². The van der Waals surface area contributed by atoms with E-state index in [1.807, 2.05) is 18.2 Å². The molecule has 1 N–H and O–H groups in total. The molecule has 2 aliphatic heterocycles. The number of piperazine rings is 1. The molecule has 1 aromatic rings. The molecular formula is C18H27N3O. The molecule has 0 aromatic heterocycles. The van der Waals surface area contributed by atoms with Crippen molar-refractivity contribution >= 4 is 5.91 Å². The Morgan fingerprint density at radius 1 is 1.23 bits per heavy atom. The fourth-order valence-corrected chi connectivity index (χ4v) is 3.72. The minimum Gasteiger partial charge on any atom is -0.340 e. The first-order valence-electron chi connectivity index (χ1n) is 8.58. The van der Waals surface area contributed by atoms with Gasteiger partial charge in [-0.25, -0.2) is 0 Å². The molecule has 2 atom stereocenters. The second-order valence-electron chi connectivity index (χ2n) is 6.38. The summed E-state index contributed by atoms with van der Waals surface area (Å²) in [7, 11) is 0. The Kier molecular flexibility index (Phi) is 5.11. The van der Waals surface area contributed by atoms with Crippen LogP contribution in [0.15, 0.2) is 30.3 Å². The second-order valence-corrected chi connectivity index (χ2v) is 6.38. The molecule has 120 valence electrons. The van der Waals surface area contributed by atoms with Gasteiger partial charge in [0, 0.05) is 38.8 Å². The molecule has 0 saturated carbocycles. The van der Waals surface area contributed by atoms with Gasteiger partial charge in [-0.1, -0.05) is 37.3 Å². The van der Waals surface area contributed by atoms with Crippen LogP contribution in [0.4, 0.5) is 0 Å². The van der Waals surface area contributed by atoms with Crippen molar-refractivity contribution in [2.45, 2.75) is 31.7 Å². The Morgan fingerprint density at radius 2 is 1.95 bits per heavy atom. The SMILES string of the molecule is CCC(C(=O)N1CCN(C2CCNC2)CC1)c1ccccc1. The minimum atomic E-state index is 0.0147. The highest BCUT2D eigenvalue weighted by Gasteiger charge is 2.30. The van der Waals surface area contributed by atoms with E-state index in [1.54, 1.807) is 0 Å². The van der Waals surface area contributed by atoms with Gasteiger partial charge in [-0.15, -0.1) is 0 Å². The van der Waals surface area contributed by atoms with Gasteiger partial charge < -0.3 is 10.2 Å². The molecule has 3 rings (SSSR count). The van der Waals surface area contributed by atoms with E-state index >= 15 is 0 Å². The second kappa shape index (κ2) is 7.25. The molecule has 2 unspecified atom stereocenters. The zero-order valence-corrected chi connectivity index (χ0v) is 13.5. The van der Waals surface area contributed by atoms with E-state index in [1.165, 1.54) is 6.42 Å². The summed E-state index contributed by atoms with van der Waals surface area (Å²) in [5, 5.41) is 3.43. The lowest BCUT2D eigenvalue weighted by atomic mass is 9.94. The van der Waals surface area contributed by atoms with Crippen molar-refractivity contribution in [3.05, 3.63) is 35.9 Å². The van der Waals surface area contributed by atoms with Gasteiger partial charge in [0.15, 0.2) is 0 Å². The summed E-state index contributed by atoms with van der Waals surface area (Å²) in [6, 6.07) is 10.9. The van der Waals surface area contributed by atoms with E-state index in [-0.39, 0.29) is 5.92 Å². The zero-order valence-electron chi connectivity index (χ0n) is 13.5. The Morgan fingerprint density at radius 3 is 2.55 bits per heavy atom. The highest BCUT2D eigenvalue weighted by atomic mass is 16.2. The molecule has 0 spiro atoms. The van der Waals surface area contributed by atoms with Crippen molar-refractivity contribution in [3.63, 3.8) is 0 Å². The summed E-state index contributed by atoms with van der Waals surface area (Å²) < 4.78 is 0. The summed E-state index contributed by atoms with van der Waals surface area (Å²) in [5.41, 5.74) is 1.15. The van der Waals surface area contributed by atoms with Crippen LogP contribution < -0.4 is 5.32 Å². The van der Waals surface area contributed by atoms with Crippen LogP contribution in [-0.2, 0) is 4.79 Å². The van der Waals surface area contributed by atoms with Gasteiger partial charge in [0.05, 0.1) is 5.92 Å². The highest BCUT2D eigenvalue weighted by molar-refractivity contribution is 5.83. The first-order chi connectivity index (χ1) is 10.8. The van der Waals surface area contributed by atoms with Crippen LogP contribution in [0.5, 0.6) is 0 Å². The van der Waals surface area contributed by atoms with E-state index in [2.05, 4.69) is 34.2 Å². The highest BCUT2D eigenvalue weighted by Crippen LogP contribution is 2.23. The Hall–Kier alpha value is -1.39. The molecule has 2 saturated heterocycles. The number of carbonyl (C=O) groups excluding carboxylic acids is 1. The van der Waals surface area contributed by atoms with Crippen molar-refractivity contribution in [1.82, 2.24) is 15.1 Å². The minimum absolute atomic E-state index is 0.0147. The number of rotatable bonds is 4. The molecule has 0 aliphatic carbocycles. The fraction of sp³-hybridized carbons (Fsp3) is 0.611. The van der Waals surface area contributed by atoms with E-state index in [0.717, 1.165) is 51.3 Å². The quantitative estimate of drug-likeness (QED) is 0.919. The van der Waals surface area contributed by atoms with Crippen LogP contribution in [0, 0.1) is 0 Å². The molecule has 2 fully saturated rings. The maximum Gasteiger partial charge on any atom is 0.230 e. The third-order valence-electron chi connectivity index (χ3n) is 5.08. The first kappa shape index (κ1) is 15.5. The van der Waals surface area contributed by atoms with E-state index < -0.39 is 0 Å². The molecule has 0 bridgehead atoms. The summed E-state index contributed by atoms with van der Waals surface area (Å²) in [5.74, 6) is 0.318. The number of carbonyl (C=O) groups is 1. The van der Waals surface area contributed by atoms with Gasteiger partial charge in [-0.3, -0.25) is 9.69 Å². The fourth-order valence-electron chi connectivity index (χ4n) is 3.72. The largest absolute Gasteiger partial charge is 0.340 e. The van der Waals surface area contributed by atoms with Gasteiger partial charge in [0.2, 0.25) is 5.91 Å². The van der Waals surface area contributed by atoms with Crippen LogP contribution in [0.2, 0.25) is 0 Å². The zero-order chi connectivity index (χ0) is 15.4. The monoisotopic (exact) mass is 301 g/mol. The lowest BCUT2D eigenvalue weighted by molar-refractivity contribution is -0.135. The maximum absolute atomic E-state index is 12.9. The third kappa shape index (κ3) is 3.33. The smallest absolute Gasteiger partial charge is 0.230 e. The van der Waals surface area contributed by atoms with E-state index in [9.17, 15) is 4.79 Å². The lowest BCUT2D eigenvalue weighted by Crippen LogP contribution is -2.53. The number of benzene rings is 1. The normalized spacial score (nSPS) is 24.4. The van der Waals surface area contributed by atoms with Gasteiger partial charge in [-0.05, 0) is 24.9 Å². The number of nitrogens with zero attached hydrogens (tertiary/aromatic N) is 2. The molecule has 2 heterocycles. The van der Waals surface area contributed by atoms with Gasteiger partial charge in [0.1, 0.15) is 0 Å². The first-order valence-corrected chi connectivity index (χ1v) is 8.58. The summed E-state index contributed by atoms with van der Waals surface area (Å²) >= 11 is 0. The van der Waals surface area contributed by atoms with Crippen molar-refractivity contribution in [2.24, 2.45) is 0 Å². The molecule has 1 amide bonds. The number of hydrogen-bond acceptors (Lipinski definition) is 3. The predicted molar refractivity (Wildman–Crippen MR) is 88.9 cm³/mol. The third-order valence-corrected chi connectivity index (χ3v) is 5.08. The Labute approximate surface area is 133 Å². The van der Waals surface area contributed by atoms with Crippen LogP contribution in [-0.4, -0.2) is 61.0 Å². The van der Waals surface area contributed by atoms with Crippen LogP contribution in [0.25, 0.3) is 0 Å². The summed E-state index contributed by atoms with van der Waals surface area (Å²) in [6.07, 6.45) is 2.12. The Bertz CT molecular complexity index is 476. The predicted octanol–water partition coefficient (Wildman–Crippen LogP) is 1.69. The molecule has 2 aliphatic rings. The molecule has 1 aromatic carbocycles. The molecule has 22 heavy (non-hydrogen) atoms. The van der Waals surface area contributed by atoms with Crippen molar-refractivity contribution in [1.29, 1.82) is 0 Å². The number of hydrogen-bond donors (Lipinski definition) is 1. The van der Waals surface area contributed by atoms with Gasteiger partial charge in [0.25, 0.3) is 0 Å². The average molecular weight is 301 g/mol. The summed E-state index contributed by atoms with van der Waals surface area (Å²) in [4.78, 5) is 17.5. The maximum atomic E-state index is 12.9. The number of amides is 1. The topological polar surface area (TPSA) is 35.6 Å². The van der Waals surface area contributed by atoms with Crippen LogP contribution >= 0.6 is 0 Å². The molecular weight excluding hydrogens is 274 g/mol. The molecule has 4 heteroatoms. The standard InChI is InChI=1S/C18H27N3O/c1-2-17(15-6-4-3-5-7-15)18(22)21-12-10-20(11-13-21)16-8-9-19-14-16/h3-7,16-17,19H,2,8-14H2,1H3. The van der Waals surface area contributed by atoms with E-state index in [0.29, 0.717) is 11.9 Å². The van der Waals surface area contributed by atoms with Crippen LogP contribution in [0.1, 0.15) is 31.2 Å². The molecule has 4 nitrogen and oxygen atoms in total. The van der Waals surface area contributed by atoms with Gasteiger partial charge >= 0.3 is 0 Å². The number of nitrogens with one attached hydrogen (secondary N) is 1. The average Bonchev–Trinajstić information content (AvgIpc) is 3.11. The van der Waals surface area contributed by atoms with Crippen molar-refractivity contribution < 1.29 is 4.79 Å². The van der Waals surface area contributed by atoms with Crippen LogP contribution in [0.3, 0.4) is 0 Å².